The smallest absolute Gasteiger partial charge is 0.134 e. The van der Waals surface area contributed by atoms with Crippen molar-refractivity contribution in [1.29, 1.82) is 0 Å². The Morgan fingerprint density at radius 3 is 2.40 bits per heavy atom. The van der Waals surface area contributed by atoms with Gasteiger partial charge in [-0.15, -0.1) is 0 Å². The molecule has 0 N–H and O–H groups in total. The zero-order chi connectivity index (χ0) is 18.2. The second-order valence-corrected chi connectivity index (χ2v) is 9.41. The van der Waals surface area contributed by atoms with Crippen molar-refractivity contribution in [3.63, 3.8) is 0 Å². The van der Waals surface area contributed by atoms with Crippen LogP contribution >= 0.6 is 15.9 Å². The molecular formula is C23H27BrO. The molecule has 1 aliphatic rings. The number of ether oxygens (including phenoxy) is 1. The zero-order valence-electron chi connectivity index (χ0n) is 15.8. The van der Waals surface area contributed by atoms with Crippen molar-refractivity contribution in [3.05, 3.63) is 69.7 Å². The Hall–Kier alpha value is -1.54. The Balaban J connectivity index is 1.98. The van der Waals surface area contributed by atoms with Gasteiger partial charge in [-0.1, -0.05) is 71.0 Å². The van der Waals surface area contributed by atoms with Crippen LogP contribution in [-0.2, 0) is 12.0 Å². The molecule has 2 heteroatoms. The molecule has 1 aliphatic carbocycles. The minimum atomic E-state index is 0.121. The van der Waals surface area contributed by atoms with Gasteiger partial charge in [0, 0.05) is 0 Å². The van der Waals surface area contributed by atoms with E-state index in [1.807, 2.05) is 18.2 Å². The fourth-order valence-corrected chi connectivity index (χ4v) is 3.93. The van der Waals surface area contributed by atoms with Gasteiger partial charge >= 0.3 is 0 Å². The van der Waals surface area contributed by atoms with E-state index in [0.717, 1.165) is 16.6 Å². The Bertz CT molecular complexity index is 795. The standard InChI is InChI=1S/C23H27BrO/c1-22(2,3)18-11-12-23(4,5)19-14-21(20(24)13-17(18)19)25-15-16-9-7-6-8-10-16/h6-11,13-14H,12,15H2,1-5H3. The van der Waals surface area contributed by atoms with Crippen LogP contribution in [0.5, 0.6) is 5.75 Å². The lowest BCUT2D eigenvalue weighted by Gasteiger charge is -2.37. The van der Waals surface area contributed by atoms with E-state index in [-0.39, 0.29) is 10.8 Å². The maximum absolute atomic E-state index is 6.14. The van der Waals surface area contributed by atoms with Crippen LogP contribution in [0, 0.1) is 5.41 Å². The van der Waals surface area contributed by atoms with Gasteiger partial charge < -0.3 is 4.74 Å². The lowest BCUT2D eigenvalue weighted by molar-refractivity contribution is 0.303. The first-order valence-corrected chi connectivity index (χ1v) is 9.69. The predicted molar refractivity (Wildman–Crippen MR) is 110 cm³/mol. The van der Waals surface area contributed by atoms with Crippen molar-refractivity contribution in [2.45, 2.75) is 53.1 Å². The van der Waals surface area contributed by atoms with Crippen LogP contribution in [0.4, 0.5) is 0 Å². The highest BCUT2D eigenvalue weighted by Crippen LogP contribution is 2.48. The van der Waals surface area contributed by atoms with E-state index in [4.69, 9.17) is 4.74 Å². The molecule has 0 spiro atoms. The van der Waals surface area contributed by atoms with Crippen LogP contribution in [0.1, 0.15) is 57.7 Å². The van der Waals surface area contributed by atoms with Gasteiger partial charge in [-0.3, -0.25) is 0 Å². The molecule has 2 aromatic carbocycles. The van der Waals surface area contributed by atoms with Gasteiger partial charge in [0.2, 0.25) is 0 Å². The molecular weight excluding hydrogens is 372 g/mol. The van der Waals surface area contributed by atoms with Crippen LogP contribution in [0.15, 0.2) is 53.0 Å². The third kappa shape index (κ3) is 3.84. The van der Waals surface area contributed by atoms with Crippen LogP contribution in [0.25, 0.3) is 5.57 Å². The van der Waals surface area contributed by atoms with Crippen molar-refractivity contribution in [2.75, 3.05) is 0 Å². The van der Waals surface area contributed by atoms with Gasteiger partial charge in [0.05, 0.1) is 4.47 Å². The monoisotopic (exact) mass is 398 g/mol. The number of benzene rings is 2. The SMILES string of the molecule is CC(C)(C)C1=CCC(C)(C)c2cc(OCc3ccccc3)c(Br)cc21. The molecule has 132 valence electrons. The minimum absolute atomic E-state index is 0.121. The Morgan fingerprint density at radius 2 is 1.76 bits per heavy atom. The summed E-state index contributed by atoms with van der Waals surface area (Å²) in [6, 6.07) is 14.8. The fraction of sp³-hybridized carbons (Fsp3) is 0.391. The van der Waals surface area contributed by atoms with Crippen LogP contribution < -0.4 is 4.74 Å². The van der Waals surface area contributed by atoms with Gasteiger partial charge in [-0.25, -0.2) is 0 Å². The van der Waals surface area contributed by atoms with Crippen molar-refractivity contribution >= 4 is 21.5 Å². The molecule has 0 unspecified atom stereocenters. The topological polar surface area (TPSA) is 9.23 Å². The minimum Gasteiger partial charge on any atom is -0.488 e. The maximum Gasteiger partial charge on any atom is 0.134 e. The quantitative estimate of drug-likeness (QED) is 0.533. The largest absolute Gasteiger partial charge is 0.488 e. The number of allylic oxidation sites excluding steroid dienone is 2. The molecule has 0 amide bonds. The second kappa shape index (κ2) is 6.64. The third-order valence-corrected chi connectivity index (χ3v) is 5.57. The Kier molecular flexibility index (Phi) is 4.85. The molecule has 2 aromatic rings. The first-order valence-electron chi connectivity index (χ1n) is 8.90. The van der Waals surface area contributed by atoms with E-state index in [1.165, 1.54) is 22.3 Å². The van der Waals surface area contributed by atoms with Gasteiger partial charge in [0.15, 0.2) is 0 Å². The molecule has 0 fully saturated rings. The molecule has 0 saturated heterocycles. The lowest BCUT2D eigenvalue weighted by atomic mass is 9.68. The summed E-state index contributed by atoms with van der Waals surface area (Å²) in [6.45, 7) is 12.1. The van der Waals surface area contributed by atoms with Crippen molar-refractivity contribution in [2.24, 2.45) is 5.41 Å². The average molecular weight is 399 g/mol. The summed E-state index contributed by atoms with van der Waals surface area (Å²) >= 11 is 3.73. The molecule has 0 atom stereocenters. The average Bonchev–Trinajstić information content (AvgIpc) is 2.53. The normalized spacial score (nSPS) is 16.2. The van der Waals surface area contributed by atoms with E-state index < -0.39 is 0 Å². The number of halogens is 1. The molecule has 0 heterocycles. The summed E-state index contributed by atoms with van der Waals surface area (Å²) in [5.74, 6) is 0.922. The summed E-state index contributed by atoms with van der Waals surface area (Å²) in [7, 11) is 0. The van der Waals surface area contributed by atoms with E-state index in [1.54, 1.807) is 0 Å². The van der Waals surface area contributed by atoms with Crippen molar-refractivity contribution in [3.8, 4) is 5.75 Å². The van der Waals surface area contributed by atoms with Crippen molar-refractivity contribution < 1.29 is 4.74 Å². The summed E-state index contributed by atoms with van der Waals surface area (Å²) in [5, 5.41) is 0. The summed E-state index contributed by atoms with van der Waals surface area (Å²) in [4.78, 5) is 0. The summed E-state index contributed by atoms with van der Waals surface area (Å²) in [6.07, 6.45) is 3.48. The third-order valence-electron chi connectivity index (χ3n) is 4.95. The summed E-state index contributed by atoms with van der Waals surface area (Å²) < 4.78 is 7.16. The first kappa shape index (κ1) is 18.3. The molecule has 0 saturated carbocycles. The van der Waals surface area contributed by atoms with E-state index in [0.29, 0.717) is 6.61 Å². The highest BCUT2D eigenvalue weighted by Gasteiger charge is 2.33. The summed E-state index contributed by atoms with van der Waals surface area (Å²) in [5.41, 5.74) is 5.60. The fourth-order valence-electron chi connectivity index (χ4n) is 3.47. The molecule has 1 nitrogen and oxygen atoms in total. The van der Waals surface area contributed by atoms with Gasteiger partial charge in [-0.2, -0.15) is 0 Å². The Morgan fingerprint density at radius 1 is 1.08 bits per heavy atom. The van der Waals surface area contributed by atoms with Gasteiger partial charge in [0.1, 0.15) is 12.4 Å². The molecule has 0 radical (unpaired) electrons. The van der Waals surface area contributed by atoms with E-state index in [2.05, 4.69) is 80.9 Å². The number of fused-ring (bicyclic) bond motifs is 1. The van der Waals surface area contributed by atoms with E-state index >= 15 is 0 Å². The zero-order valence-corrected chi connectivity index (χ0v) is 17.4. The lowest BCUT2D eigenvalue weighted by Crippen LogP contribution is -2.25. The Labute approximate surface area is 160 Å². The number of hydrogen-bond donors (Lipinski definition) is 0. The molecule has 3 rings (SSSR count). The van der Waals surface area contributed by atoms with E-state index in [9.17, 15) is 0 Å². The predicted octanol–water partition coefficient (Wildman–Crippen LogP) is 7.14. The molecule has 0 bridgehead atoms. The second-order valence-electron chi connectivity index (χ2n) is 8.56. The first-order chi connectivity index (χ1) is 11.7. The number of hydrogen-bond acceptors (Lipinski definition) is 1. The van der Waals surface area contributed by atoms with Crippen LogP contribution in [0.2, 0.25) is 0 Å². The van der Waals surface area contributed by atoms with Gasteiger partial charge in [0.25, 0.3) is 0 Å². The molecule has 0 aromatic heterocycles. The molecule has 25 heavy (non-hydrogen) atoms. The van der Waals surface area contributed by atoms with Gasteiger partial charge in [-0.05, 0) is 67.6 Å². The van der Waals surface area contributed by atoms with Crippen LogP contribution in [0.3, 0.4) is 0 Å². The highest BCUT2D eigenvalue weighted by atomic mass is 79.9. The number of rotatable bonds is 3. The maximum atomic E-state index is 6.14. The van der Waals surface area contributed by atoms with Crippen LogP contribution in [-0.4, -0.2) is 0 Å². The highest BCUT2D eigenvalue weighted by molar-refractivity contribution is 9.10. The van der Waals surface area contributed by atoms with Crippen molar-refractivity contribution in [1.82, 2.24) is 0 Å². The molecule has 0 aliphatic heterocycles.